The minimum atomic E-state index is -2.57. The van der Waals surface area contributed by atoms with Crippen LogP contribution in [0.1, 0.15) is 23.6 Å². The molecule has 0 bridgehead atoms. The number of amides is 1. The second kappa shape index (κ2) is 7.86. The molecule has 2 aromatic rings. The quantitative estimate of drug-likeness (QED) is 0.886. The van der Waals surface area contributed by atoms with Crippen molar-refractivity contribution in [2.75, 3.05) is 12.4 Å². The zero-order valence-electron chi connectivity index (χ0n) is 12.1. The highest BCUT2D eigenvalue weighted by molar-refractivity contribution is 5.95. The number of alkyl halides is 2. The maximum Gasteiger partial charge on any atom is 0.263 e. The van der Waals surface area contributed by atoms with Crippen LogP contribution >= 0.6 is 12.4 Å². The van der Waals surface area contributed by atoms with E-state index in [1.165, 1.54) is 18.2 Å². The summed E-state index contributed by atoms with van der Waals surface area (Å²) in [6.07, 6.45) is 0.729. The maximum absolute atomic E-state index is 12.6. The average Bonchev–Trinajstić information content (AvgIpc) is 2.86. The Morgan fingerprint density at radius 3 is 2.59 bits per heavy atom. The van der Waals surface area contributed by atoms with E-state index in [0.29, 0.717) is 11.3 Å². The number of aromatic nitrogens is 2. The zero-order valence-corrected chi connectivity index (χ0v) is 12.9. The monoisotopic (exact) mass is 330 g/mol. The number of carbonyl (C=O) groups excluding carboxylic acids is 1. The molecule has 1 unspecified atom stereocenters. The third kappa shape index (κ3) is 4.25. The smallest absolute Gasteiger partial charge is 0.263 e. The van der Waals surface area contributed by atoms with Crippen LogP contribution < -0.4 is 10.6 Å². The number of halogens is 3. The molecule has 0 fully saturated rings. The highest BCUT2D eigenvalue weighted by Gasteiger charge is 2.20. The third-order valence-corrected chi connectivity index (χ3v) is 3.02. The van der Waals surface area contributed by atoms with Crippen molar-refractivity contribution in [1.29, 1.82) is 0 Å². The molecule has 2 rings (SSSR count). The Kier molecular flexibility index (Phi) is 6.45. The lowest BCUT2D eigenvalue weighted by Gasteiger charge is -2.15. The number of aryl methyl sites for hydroxylation is 1. The van der Waals surface area contributed by atoms with Crippen molar-refractivity contribution >= 4 is 24.0 Å². The Morgan fingerprint density at radius 2 is 2.05 bits per heavy atom. The number of rotatable bonds is 5. The molecular weight excluding hydrogens is 314 g/mol. The molecule has 0 saturated carbocycles. The Balaban J connectivity index is 0.00000242. The SMILES string of the molecule is CNC(C(=O)Nc1cccc(C(F)F)c1)c1cnn(C)c1.Cl. The number of anilines is 1. The van der Waals surface area contributed by atoms with Crippen LogP contribution in [-0.4, -0.2) is 22.7 Å². The second-order valence-electron chi connectivity index (χ2n) is 4.58. The van der Waals surface area contributed by atoms with Gasteiger partial charge in [-0.05, 0) is 19.2 Å². The molecule has 5 nitrogen and oxygen atoms in total. The van der Waals surface area contributed by atoms with Crippen LogP contribution in [0.25, 0.3) is 0 Å². The van der Waals surface area contributed by atoms with Crippen molar-refractivity contribution in [3.63, 3.8) is 0 Å². The highest BCUT2D eigenvalue weighted by atomic mass is 35.5. The molecule has 0 saturated heterocycles. The van der Waals surface area contributed by atoms with Gasteiger partial charge in [-0.1, -0.05) is 12.1 Å². The van der Waals surface area contributed by atoms with Gasteiger partial charge in [0.05, 0.1) is 6.20 Å². The summed E-state index contributed by atoms with van der Waals surface area (Å²) in [5.41, 5.74) is 0.902. The molecule has 1 heterocycles. The lowest BCUT2D eigenvalue weighted by molar-refractivity contribution is -0.118. The number of carbonyl (C=O) groups is 1. The fraction of sp³-hybridized carbons (Fsp3) is 0.286. The van der Waals surface area contributed by atoms with Gasteiger partial charge in [-0.2, -0.15) is 5.10 Å². The molecule has 120 valence electrons. The highest BCUT2D eigenvalue weighted by Crippen LogP contribution is 2.22. The van der Waals surface area contributed by atoms with Crippen LogP contribution in [-0.2, 0) is 11.8 Å². The summed E-state index contributed by atoms with van der Waals surface area (Å²) in [4.78, 5) is 12.2. The van der Waals surface area contributed by atoms with Gasteiger partial charge in [-0.3, -0.25) is 9.48 Å². The topological polar surface area (TPSA) is 59.0 Å². The Bertz CT molecular complexity index is 633. The van der Waals surface area contributed by atoms with Crippen molar-refractivity contribution < 1.29 is 13.6 Å². The minimum Gasteiger partial charge on any atom is -0.324 e. The van der Waals surface area contributed by atoms with Gasteiger partial charge in [0.1, 0.15) is 6.04 Å². The lowest BCUT2D eigenvalue weighted by atomic mass is 10.1. The number of nitrogens with one attached hydrogen (secondary N) is 2. The predicted molar refractivity (Wildman–Crippen MR) is 82.3 cm³/mol. The van der Waals surface area contributed by atoms with E-state index in [1.807, 2.05) is 0 Å². The van der Waals surface area contributed by atoms with Gasteiger partial charge in [0.15, 0.2) is 0 Å². The summed E-state index contributed by atoms with van der Waals surface area (Å²) in [7, 11) is 3.40. The summed E-state index contributed by atoms with van der Waals surface area (Å²) >= 11 is 0. The molecule has 8 heteroatoms. The van der Waals surface area contributed by atoms with Crippen molar-refractivity contribution in [3.8, 4) is 0 Å². The molecule has 0 aliphatic carbocycles. The molecule has 22 heavy (non-hydrogen) atoms. The molecule has 1 atom stereocenters. The first-order valence-electron chi connectivity index (χ1n) is 6.36. The molecule has 1 aromatic carbocycles. The van der Waals surface area contributed by atoms with Gasteiger partial charge in [-0.15, -0.1) is 12.4 Å². The van der Waals surface area contributed by atoms with Crippen LogP contribution in [0.3, 0.4) is 0 Å². The van der Waals surface area contributed by atoms with E-state index in [2.05, 4.69) is 15.7 Å². The fourth-order valence-corrected chi connectivity index (χ4v) is 2.00. The number of hydrogen-bond donors (Lipinski definition) is 2. The van der Waals surface area contributed by atoms with E-state index in [1.54, 1.807) is 37.2 Å². The lowest BCUT2D eigenvalue weighted by Crippen LogP contribution is -2.30. The molecule has 0 radical (unpaired) electrons. The van der Waals surface area contributed by atoms with E-state index >= 15 is 0 Å². The molecule has 1 aromatic heterocycles. The summed E-state index contributed by atoms with van der Waals surface area (Å²) in [6.45, 7) is 0. The van der Waals surface area contributed by atoms with Crippen LogP contribution in [0.15, 0.2) is 36.7 Å². The van der Waals surface area contributed by atoms with Crippen LogP contribution in [0.5, 0.6) is 0 Å². The summed E-state index contributed by atoms with van der Waals surface area (Å²) in [5, 5.41) is 9.51. The first kappa shape index (κ1) is 18.1. The average molecular weight is 331 g/mol. The zero-order chi connectivity index (χ0) is 15.4. The number of nitrogens with zero attached hydrogens (tertiary/aromatic N) is 2. The first-order chi connectivity index (χ1) is 10.0. The standard InChI is InChI=1S/C14H16F2N4O.ClH/c1-17-12(10-7-18-20(2)8-10)14(21)19-11-5-3-4-9(6-11)13(15)16;/h3-8,12-13,17H,1-2H3,(H,19,21);1H. The second-order valence-corrected chi connectivity index (χ2v) is 4.58. The van der Waals surface area contributed by atoms with E-state index in [9.17, 15) is 13.6 Å². The van der Waals surface area contributed by atoms with Crippen LogP contribution in [0.4, 0.5) is 14.5 Å². The normalized spacial score (nSPS) is 11.9. The largest absolute Gasteiger partial charge is 0.324 e. The number of hydrogen-bond acceptors (Lipinski definition) is 3. The third-order valence-electron chi connectivity index (χ3n) is 3.02. The predicted octanol–water partition coefficient (Wildman–Crippen LogP) is 2.68. The summed E-state index contributed by atoms with van der Waals surface area (Å²) in [5.74, 6) is -0.336. The molecule has 0 aliphatic heterocycles. The Morgan fingerprint density at radius 1 is 1.32 bits per heavy atom. The molecule has 0 aliphatic rings. The maximum atomic E-state index is 12.6. The van der Waals surface area contributed by atoms with Crippen LogP contribution in [0, 0.1) is 0 Å². The first-order valence-corrected chi connectivity index (χ1v) is 6.36. The fourth-order valence-electron chi connectivity index (χ4n) is 2.00. The summed E-state index contributed by atoms with van der Waals surface area (Å²) in [6, 6.07) is 5.03. The van der Waals surface area contributed by atoms with E-state index in [4.69, 9.17) is 0 Å². The molecule has 0 spiro atoms. The van der Waals surface area contributed by atoms with Crippen molar-refractivity contribution in [1.82, 2.24) is 15.1 Å². The van der Waals surface area contributed by atoms with E-state index in [-0.39, 0.29) is 23.9 Å². The molecule has 2 N–H and O–H groups in total. The molecular formula is C14H17ClF2N4O. The Labute approximate surface area is 133 Å². The van der Waals surface area contributed by atoms with Crippen molar-refractivity contribution in [3.05, 3.63) is 47.8 Å². The van der Waals surface area contributed by atoms with Gasteiger partial charge >= 0.3 is 0 Å². The summed E-state index contributed by atoms with van der Waals surface area (Å²) < 4.78 is 26.9. The number of likely N-dealkylation sites (N-methyl/N-ethyl adjacent to an activating group) is 1. The van der Waals surface area contributed by atoms with E-state index in [0.717, 1.165) is 0 Å². The number of benzene rings is 1. The van der Waals surface area contributed by atoms with Gasteiger partial charge < -0.3 is 10.6 Å². The van der Waals surface area contributed by atoms with E-state index < -0.39 is 12.5 Å². The Hall–Kier alpha value is -1.99. The van der Waals surface area contributed by atoms with Crippen molar-refractivity contribution in [2.24, 2.45) is 7.05 Å². The van der Waals surface area contributed by atoms with Gasteiger partial charge in [-0.25, -0.2) is 8.78 Å². The van der Waals surface area contributed by atoms with Gasteiger partial charge in [0, 0.05) is 30.1 Å². The van der Waals surface area contributed by atoms with Gasteiger partial charge in [0.25, 0.3) is 6.43 Å². The van der Waals surface area contributed by atoms with Gasteiger partial charge in [0.2, 0.25) is 5.91 Å². The minimum absolute atomic E-state index is 0. The van der Waals surface area contributed by atoms with Crippen LogP contribution in [0.2, 0.25) is 0 Å². The molecule has 1 amide bonds. The van der Waals surface area contributed by atoms with Crippen molar-refractivity contribution in [2.45, 2.75) is 12.5 Å².